The van der Waals surface area contributed by atoms with Gasteiger partial charge in [0.1, 0.15) is 0 Å². The van der Waals surface area contributed by atoms with Gasteiger partial charge < -0.3 is 5.32 Å². The van der Waals surface area contributed by atoms with Crippen molar-refractivity contribution < 1.29 is 0 Å². The normalized spacial score (nSPS) is 10.3. The fraction of sp³-hybridized carbons (Fsp3) is 0.182. The van der Waals surface area contributed by atoms with Crippen molar-refractivity contribution >= 4 is 33.0 Å². The highest BCUT2D eigenvalue weighted by Gasteiger charge is 1.97. The van der Waals surface area contributed by atoms with E-state index in [-0.39, 0.29) is 0 Å². The number of aromatic nitrogens is 1. The third-order valence-electron chi connectivity index (χ3n) is 1.97. The topological polar surface area (TPSA) is 24.9 Å². The van der Waals surface area contributed by atoms with Crippen LogP contribution in [0.25, 0.3) is 0 Å². The minimum Gasteiger partial charge on any atom is -0.379 e. The lowest BCUT2D eigenvalue weighted by atomic mass is 10.4. The van der Waals surface area contributed by atoms with Crippen LogP contribution >= 0.6 is 27.3 Å². The number of pyridine rings is 1. The molecule has 0 aliphatic rings. The van der Waals surface area contributed by atoms with Crippen LogP contribution in [0.4, 0.5) is 5.69 Å². The molecule has 0 bridgehead atoms. The molecule has 2 aromatic heterocycles. The summed E-state index contributed by atoms with van der Waals surface area (Å²) in [5, 5.41) is 3.33. The lowest BCUT2D eigenvalue weighted by Gasteiger charge is -2.03. The molecule has 2 rings (SSSR count). The molecule has 0 aliphatic carbocycles. The highest BCUT2D eigenvalue weighted by atomic mass is 79.9. The highest BCUT2D eigenvalue weighted by Crippen LogP contribution is 2.18. The van der Waals surface area contributed by atoms with E-state index >= 15 is 0 Å². The van der Waals surface area contributed by atoms with Gasteiger partial charge in [0.15, 0.2) is 0 Å². The van der Waals surface area contributed by atoms with E-state index in [4.69, 9.17) is 0 Å². The second-order valence-electron chi connectivity index (χ2n) is 3.26. The number of thiophene rings is 1. The third-order valence-corrected chi connectivity index (χ3v) is 3.40. The molecule has 0 amide bonds. The molecule has 0 saturated heterocycles. The molecule has 2 nitrogen and oxygen atoms in total. The molecule has 2 aromatic rings. The molecule has 0 saturated carbocycles. The minimum atomic E-state index is 0.858. The van der Waals surface area contributed by atoms with Gasteiger partial charge >= 0.3 is 0 Å². The van der Waals surface area contributed by atoms with Crippen LogP contribution in [0.3, 0.4) is 0 Å². The van der Waals surface area contributed by atoms with E-state index in [1.54, 1.807) is 6.20 Å². The van der Waals surface area contributed by atoms with Crippen molar-refractivity contribution in [1.29, 1.82) is 0 Å². The van der Waals surface area contributed by atoms with Crippen molar-refractivity contribution in [2.75, 3.05) is 5.32 Å². The van der Waals surface area contributed by atoms with Crippen LogP contribution in [0.5, 0.6) is 0 Å². The van der Waals surface area contributed by atoms with Gasteiger partial charge in [-0.15, -0.1) is 11.3 Å². The monoisotopic (exact) mass is 282 g/mol. The molecule has 2 heterocycles. The molecule has 0 spiro atoms. The average Bonchev–Trinajstić information content (AvgIpc) is 2.62. The Morgan fingerprint density at radius 1 is 1.40 bits per heavy atom. The van der Waals surface area contributed by atoms with Crippen molar-refractivity contribution in [3.63, 3.8) is 0 Å². The first-order valence-corrected chi connectivity index (χ1v) is 6.25. The zero-order valence-corrected chi connectivity index (χ0v) is 10.7. The summed E-state index contributed by atoms with van der Waals surface area (Å²) in [5.74, 6) is 0. The summed E-state index contributed by atoms with van der Waals surface area (Å²) in [6, 6.07) is 6.31. The standard InChI is InChI=1S/C11H11BrN2S/c1-8-2-3-11(15-8)7-14-10-4-9(12)5-13-6-10/h2-6,14H,7H2,1H3. The minimum absolute atomic E-state index is 0.858. The molecule has 4 heteroatoms. The van der Waals surface area contributed by atoms with Gasteiger partial charge in [-0.25, -0.2) is 0 Å². The molecule has 78 valence electrons. The Morgan fingerprint density at radius 2 is 2.27 bits per heavy atom. The number of hydrogen-bond acceptors (Lipinski definition) is 3. The molecule has 0 radical (unpaired) electrons. The van der Waals surface area contributed by atoms with Crippen LogP contribution < -0.4 is 5.32 Å². The highest BCUT2D eigenvalue weighted by molar-refractivity contribution is 9.10. The predicted molar refractivity (Wildman–Crippen MR) is 68.3 cm³/mol. The second-order valence-corrected chi connectivity index (χ2v) is 5.55. The van der Waals surface area contributed by atoms with Crippen LogP contribution in [-0.4, -0.2) is 4.98 Å². The summed E-state index contributed by atoms with van der Waals surface area (Å²) in [4.78, 5) is 6.78. The fourth-order valence-electron chi connectivity index (χ4n) is 1.28. The van der Waals surface area contributed by atoms with Gasteiger partial charge in [0.2, 0.25) is 0 Å². The quantitative estimate of drug-likeness (QED) is 0.926. The Labute approximate surface area is 101 Å². The molecule has 0 aromatic carbocycles. The van der Waals surface area contributed by atoms with Crippen molar-refractivity contribution in [3.05, 3.63) is 44.8 Å². The fourth-order valence-corrected chi connectivity index (χ4v) is 2.47. The summed E-state index contributed by atoms with van der Waals surface area (Å²) < 4.78 is 0.995. The number of anilines is 1. The zero-order valence-electron chi connectivity index (χ0n) is 8.33. The van der Waals surface area contributed by atoms with E-state index in [1.165, 1.54) is 9.75 Å². The summed E-state index contributed by atoms with van der Waals surface area (Å²) in [5.41, 5.74) is 1.04. The van der Waals surface area contributed by atoms with Gasteiger partial charge in [-0.2, -0.15) is 0 Å². The molecule has 0 atom stereocenters. The number of halogens is 1. The second kappa shape index (κ2) is 4.77. The maximum atomic E-state index is 4.10. The molecule has 15 heavy (non-hydrogen) atoms. The smallest absolute Gasteiger partial charge is 0.0540 e. The van der Waals surface area contributed by atoms with Crippen LogP contribution in [-0.2, 0) is 6.54 Å². The van der Waals surface area contributed by atoms with Gasteiger partial charge in [0.25, 0.3) is 0 Å². The maximum Gasteiger partial charge on any atom is 0.0540 e. The van der Waals surface area contributed by atoms with Gasteiger partial charge in [0.05, 0.1) is 11.9 Å². The van der Waals surface area contributed by atoms with E-state index < -0.39 is 0 Å². The number of nitrogens with one attached hydrogen (secondary N) is 1. The van der Waals surface area contributed by atoms with Crippen LogP contribution in [0.2, 0.25) is 0 Å². The predicted octanol–water partition coefficient (Wildman–Crippen LogP) is 3.83. The van der Waals surface area contributed by atoms with E-state index in [9.17, 15) is 0 Å². The number of hydrogen-bond donors (Lipinski definition) is 1. The van der Waals surface area contributed by atoms with Crippen molar-refractivity contribution in [2.24, 2.45) is 0 Å². The van der Waals surface area contributed by atoms with Gasteiger partial charge in [-0.3, -0.25) is 4.98 Å². The molecule has 0 unspecified atom stereocenters. The first-order valence-electron chi connectivity index (χ1n) is 4.64. The van der Waals surface area contributed by atoms with Crippen molar-refractivity contribution in [3.8, 4) is 0 Å². The van der Waals surface area contributed by atoms with E-state index in [0.717, 1.165) is 16.7 Å². The molecular weight excluding hydrogens is 272 g/mol. The van der Waals surface area contributed by atoms with Gasteiger partial charge in [-0.1, -0.05) is 0 Å². The van der Waals surface area contributed by atoms with Crippen LogP contribution in [0.1, 0.15) is 9.75 Å². The Kier molecular flexibility index (Phi) is 3.38. The van der Waals surface area contributed by atoms with Crippen LogP contribution in [0, 0.1) is 6.92 Å². The summed E-state index contributed by atoms with van der Waals surface area (Å²) >= 11 is 5.21. The van der Waals surface area contributed by atoms with Crippen molar-refractivity contribution in [1.82, 2.24) is 4.98 Å². The van der Waals surface area contributed by atoms with E-state index in [0.29, 0.717) is 0 Å². The zero-order chi connectivity index (χ0) is 10.7. The third kappa shape index (κ3) is 3.04. The first kappa shape index (κ1) is 10.6. The summed E-state index contributed by atoms with van der Waals surface area (Å²) in [7, 11) is 0. The largest absolute Gasteiger partial charge is 0.379 e. The van der Waals surface area contributed by atoms with Gasteiger partial charge in [0, 0.05) is 27.0 Å². The van der Waals surface area contributed by atoms with E-state index in [2.05, 4.69) is 45.3 Å². The number of nitrogens with zero attached hydrogens (tertiary/aromatic N) is 1. The lowest BCUT2D eigenvalue weighted by molar-refractivity contribution is 1.17. The Balaban J connectivity index is 1.99. The average molecular weight is 283 g/mol. The van der Waals surface area contributed by atoms with Crippen LogP contribution in [0.15, 0.2) is 35.1 Å². The Bertz CT molecular complexity index is 453. The molecule has 0 fully saturated rings. The SMILES string of the molecule is Cc1ccc(CNc2cncc(Br)c2)s1. The molecule has 0 aliphatic heterocycles. The first-order chi connectivity index (χ1) is 7.24. The molecule has 1 N–H and O–H groups in total. The van der Waals surface area contributed by atoms with Gasteiger partial charge in [-0.05, 0) is 41.1 Å². The van der Waals surface area contributed by atoms with E-state index in [1.807, 2.05) is 23.6 Å². The number of aryl methyl sites for hydroxylation is 1. The lowest BCUT2D eigenvalue weighted by Crippen LogP contribution is -1.97. The Morgan fingerprint density at radius 3 is 2.93 bits per heavy atom. The molecular formula is C11H11BrN2S. The Hall–Kier alpha value is -0.870. The summed E-state index contributed by atoms with van der Waals surface area (Å²) in [6.07, 6.45) is 3.60. The maximum absolute atomic E-state index is 4.10. The summed E-state index contributed by atoms with van der Waals surface area (Å²) in [6.45, 7) is 2.98. The van der Waals surface area contributed by atoms with Crippen molar-refractivity contribution in [2.45, 2.75) is 13.5 Å². The number of rotatable bonds is 3.